The molecule has 0 aromatic heterocycles. The van der Waals surface area contributed by atoms with Crippen LogP contribution in [0.25, 0.3) is 0 Å². The van der Waals surface area contributed by atoms with E-state index in [2.05, 4.69) is 5.32 Å². The van der Waals surface area contributed by atoms with Gasteiger partial charge in [0.05, 0.1) is 6.54 Å². The number of likely N-dealkylation sites (N-methyl/N-ethyl adjacent to an activating group) is 1. The Bertz CT molecular complexity index is 302. The van der Waals surface area contributed by atoms with Crippen molar-refractivity contribution in [2.75, 3.05) is 39.8 Å². The van der Waals surface area contributed by atoms with Gasteiger partial charge in [0.25, 0.3) is 0 Å². The van der Waals surface area contributed by atoms with E-state index in [-0.39, 0.29) is 30.8 Å². The van der Waals surface area contributed by atoms with Crippen molar-refractivity contribution < 1.29 is 9.59 Å². The zero-order chi connectivity index (χ0) is 12.3. The predicted molar refractivity (Wildman–Crippen MR) is 71.7 cm³/mol. The second kappa shape index (κ2) is 6.95. The molecule has 1 saturated carbocycles. The fourth-order valence-corrected chi connectivity index (χ4v) is 2.03. The zero-order valence-corrected chi connectivity index (χ0v) is 11.7. The smallest absolute Gasteiger partial charge is 0.242 e. The summed E-state index contributed by atoms with van der Waals surface area (Å²) in [5.41, 5.74) is 0. The van der Waals surface area contributed by atoms with Gasteiger partial charge in [-0.25, -0.2) is 0 Å². The molecule has 104 valence electrons. The molecular weight excluding hydrogens is 254 g/mol. The minimum absolute atomic E-state index is 0. The Morgan fingerprint density at radius 2 is 1.89 bits per heavy atom. The molecule has 0 unspecified atom stereocenters. The summed E-state index contributed by atoms with van der Waals surface area (Å²) in [6.45, 7) is 3.44. The van der Waals surface area contributed by atoms with Crippen LogP contribution in [0.3, 0.4) is 0 Å². The monoisotopic (exact) mass is 275 g/mol. The topological polar surface area (TPSA) is 52.7 Å². The van der Waals surface area contributed by atoms with Crippen LogP contribution in [0.1, 0.15) is 19.3 Å². The Kier molecular flexibility index (Phi) is 5.88. The highest BCUT2D eigenvalue weighted by Crippen LogP contribution is 2.32. The van der Waals surface area contributed by atoms with Crippen molar-refractivity contribution in [3.8, 4) is 0 Å². The molecule has 0 spiro atoms. The van der Waals surface area contributed by atoms with E-state index in [9.17, 15) is 9.59 Å². The van der Waals surface area contributed by atoms with Crippen molar-refractivity contribution in [3.05, 3.63) is 0 Å². The number of rotatable bonds is 4. The number of carbonyl (C=O) groups is 2. The molecule has 2 fully saturated rings. The molecule has 0 radical (unpaired) electrons. The van der Waals surface area contributed by atoms with Crippen LogP contribution in [0.15, 0.2) is 0 Å². The van der Waals surface area contributed by atoms with Gasteiger partial charge in [0.15, 0.2) is 0 Å². The van der Waals surface area contributed by atoms with Gasteiger partial charge < -0.3 is 15.1 Å². The molecule has 2 aliphatic rings. The summed E-state index contributed by atoms with van der Waals surface area (Å²) in [7, 11) is 1.73. The predicted octanol–water partition coefficient (Wildman–Crippen LogP) is 0.0985. The van der Waals surface area contributed by atoms with Crippen molar-refractivity contribution in [1.82, 2.24) is 15.1 Å². The van der Waals surface area contributed by atoms with E-state index in [0.717, 1.165) is 26.2 Å². The first kappa shape index (κ1) is 15.2. The van der Waals surface area contributed by atoms with E-state index >= 15 is 0 Å². The minimum atomic E-state index is 0. The normalized spacial score (nSPS) is 19.1. The third kappa shape index (κ3) is 4.46. The maximum absolute atomic E-state index is 11.9. The number of nitrogens with zero attached hydrogens (tertiary/aromatic N) is 2. The molecule has 0 aromatic rings. The number of piperazine rings is 1. The van der Waals surface area contributed by atoms with Crippen LogP contribution < -0.4 is 5.32 Å². The van der Waals surface area contributed by atoms with Crippen molar-refractivity contribution in [1.29, 1.82) is 0 Å². The van der Waals surface area contributed by atoms with E-state index in [1.807, 2.05) is 4.90 Å². The molecule has 6 heteroatoms. The summed E-state index contributed by atoms with van der Waals surface area (Å²) < 4.78 is 0. The fourth-order valence-electron chi connectivity index (χ4n) is 2.03. The molecule has 1 saturated heterocycles. The van der Waals surface area contributed by atoms with Gasteiger partial charge in [-0.1, -0.05) is 0 Å². The number of amides is 2. The minimum Gasteiger partial charge on any atom is -0.339 e. The lowest BCUT2D eigenvalue weighted by molar-refractivity contribution is -0.139. The first-order valence-electron chi connectivity index (χ1n) is 6.39. The molecule has 0 bridgehead atoms. The summed E-state index contributed by atoms with van der Waals surface area (Å²) in [5, 5.41) is 3.21. The van der Waals surface area contributed by atoms with Gasteiger partial charge in [-0.2, -0.15) is 0 Å². The van der Waals surface area contributed by atoms with Crippen molar-refractivity contribution >= 4 is 24.2 Å². The third-order valence-corrected chi connectivity index (χ3v) is 3.43. The summed E-state index contributed by atoms with van der Waals surface area (Å²) >= 11 is 0. The Balaban J connectivity index is 0.00000162. The molecule has 5 nitrogen and oxygen atoms in total. The van der Waals surface area contributed by atoms with Crippen LogP contribution >= 0.6 is 12.4 Å². The summed E-state index contributed by atoms with van der Waals surface area (Å²) in [6.07, 6.45) is 2.96. The van der Waals surface area contributed by atoms with Crippen LogP contribution in [0.2, 0.25) is 0 Å². The third-order valence-electron chi connectivity index (χ3n) is 3.43. The van der Waals surface area contributed by atoms with Gasteiger partial charge in [0.1, 0.15) is 0 Å². The lowest BCUT2D eigenvalue weighted by atomic mass is 10.2. The van der Waals surface area contributed by atoms with Crippen LogP contribution in [0, 0.1) is 5.92 Å². The average Bonchev–Trinajstić information content (AvgIpc) is 3.14. The van der Waals surface area contributed by atoms with Crippen LogP contribution in [-0.4, -0.2) is 61.4 Å². The van der Waals surface area contributed by atoms with E-state index in [1.165, 1.54) is 12.8 Å². The Morgan fingerprint density at radius 3 is 2.44 bits per heavy atom. The maximum atomic E-state index is 11.9. The summed E-state index contributed by atoms with van der Waals surface area (Å²) in [4.78, 5) is 27.1. The number of carbonyl (C=O) groups excluding carboxylic acids is 2. The average molecular weight is 276 g/mol. The molecule has 2 rings (SSSR count). The van der Waals surface area contributed by atoms with Crippen molar-refractivity contribution in [3.63, 3.8) is 0 Å². The first-order valence-corrected chi connectivity index (χ1v) is 6.39. The largest absolute Gasteiger partial charge is 0.339 e. The quantitative estimate of drug-likeness (QED) is 0.792. The molecule has 18 heavy (non-hydrogen) atoms. The molecule has 0 aromatic carbocycles. The van der Waals surface area contributed by atoms with Crippen molar-refractivity contribution in [2.45, 2.75) is 19.3 Å². The second-order valence-corrected chi connectivity index (χ2v) is 5.03. The fraction of sp³-hybridized carbons (Fsp3) is 0.833. The molecular formula is C12H22ClN3O2. The number of halogens is 1. The highest BCUT2D eigenvalue weighted by Gasteiger charge is 2.27. The molecule has 1 heterocycles. The lowest BCUT2D eigenvalue weighted by Gasteiger charge is -2.29. The van der Waals surface area contributed by atoms with Crippen molar-refractivity contribution in [2.24, 2.45) is 5.92 Å². The lowest BCUT2D eigenvalue weighted by Crippen LogP contribution is -2.49. The number of hydrogen-bond donors (Lipinski definition) is 1. The summed E-state index contributed by atoms with van der Waals surface area (Å²) in [5.74, 6) is 0.758. The Morgan fingerprint density at radius 1 is 1.28 bits per heavy atom. The van der Waals surface area contributed by atoms with E-state index in [0.29, 0.717) is 12.3 Å². The van der Waals surface area contributed by atoms with Gasteiger partial charge in [0.2, 0.25) is 11.8 Å². The molecule has 1 N–H and O–H groups in total. The maximum Gasteiger partial charge on any atom is 0.242 e. The number of nitrogens with one attached hydrogen (secondary N) is 1. The SMILES string of the molecule is CN(CC(=O)N1CCNCC1)C(=O)CC1CC1.Cl. The Labute approximate surface area is 114 Å². The standard InChI is InChI=1S/C12H21N3O2.ClH/c1-14(11(16)8-10-2-3-10)9-12(17)15-6-4-13-5-7-15;/h10,13H,2-9H2,1H3;1H. The van der Waals surface area contributed by atoms with Gasteiger partial charge in [-0.3, -0.25) is 9.59 Å². The van der Waals surface area contributed by atoms with Gasteiger partial charge in [0, 0.05) is 39.6 Å². The van der Waals surface area contributed by atoms with Gasteiger partial charge in [-0.15, -0.1) is 12.4 Å². The van der Waals surface area contributed by atoms with Crippen LogP contribution in [0.5, 0.6) is 0 Å². The molecule has 1 aliphatic carbocycles. The van der Waals surface area contributed by atoms with Crippen LogP contribution in [-0.2, 0) is 9.59 Å². The summed E-state index contributed by atoms with van der Waals surface area (Å²) in [6, 6.07) is 0. The van der Waals surface area contributed by atoms with Crippen LogP contribution in [0.4, 0.5) is 0 Å². The molecule has 2 amide bonds. The van der Waals surface area contributed by atoms with Gasteiger partial charge in [-0.05, 0) is 18.8 Å². The molecule has 1 aliphatic heterocycles. The van der Waals surface area contributed by atoms with E-state index in [4.69, 9.17) is 0 Å². The Hall–Kier alpha value is -0.810. The van der Waals surface area contributed by atoms with Gasteiger partial charge >= 0.3 is 0 Å². The second-order valence-electron chi connectivity index (χ2n) is 5.03. The molecule has 0 atom stereocenters. The van der Waals surface area contributed by atoms with E-state index < -0.39 is 0 Å². The zero-order valence-electron chi connectivity index (χ0n) is 10.9. The number of hydrogen-bond acceptors (Lipinski definition) is 3. The van der Waals surface area contributed by atoms with E-state index in [1.54, 1.807) is 11.9 Å². The first-order chi connectivity index (χ1) is 8.16. The highest BCUT2D eigenvalue weighted by atomic mass is 35.5. The highest BCUT2D eigenvalue weighted by molar-refractivity contribution is 5.85.